The van der Waals surface area contributed by atoms with Gasteiger partial charge >= 0.3 is 0 Å². The summed E-state index contributed by atoms with van der Waals surface area (Å²) in [4.78, 5) is 56.1. The van der Waals surface area contributed by atoms with Gasteiger partial charge < -0.3 is 24.4 Å². The van der Waals surface area contributed by atoms with Gasteiger partial charge in [0, 0.05) is 42.5 Å². The summed E-state index contributed by atoms with van der Waals surface area (Å²) in [6, 6.07) is 22.1. The molecule has 2 amide bonds. The number of benzene rings is 3. The molecule has 0 unspecified atom stereocenters. The quantitative estimate of drug-likeness (QED) is 0.287. The number of nitrogens with zero attached hydrogens (tertiary/aromatic N) is 4. The number of carbonyl (C=O) groups is 2. The highest BCUT2D eigenvalue weighted by molar-refractivity contribution is 6.71. The van der Waals surface area contributed by atoms with Crippen LogP contribution in [0.1, 0.15) is 24.5 Å². The first-order chi connectivity index (χ1) is 21.5. The van der Waals surface area contributed by atoms with Crippen molar-refractivity contribution in [3.63, 3.8) is 0 Å². The Morgan fingerprint density at radius 1 is 1.07 bits per heavy atom. The van der Waals surface area contributed by atoms with E-state index in [0.29, 0.717) is 28.9 Å². The highest BCUT2D eigenvalue weighted by Crippen LogP contribution is 2.59. The first kappa shape index (κ1) is 30.8. The number of likely N-dealkylation sites (N-methyl/N-ethyl adjacent to an activating group) is 1. The lowest BCUT2D eigenvalue weighted by molar-refractivity contribution is -0.149. The Balaban J connectivity index is 1.40. The Morgan fingerprint density at radius 3 is 2.49 bits per heavy atom. The van der Waals surface area contributed by atoms with Gasteiger partial charge in [0.15, 0.2) is 13.9 Å². The van der Waals surface area contributed by atoms with Crippen LogP contribution in [0.3, 0.4) is 0 Å². The molecule has 0 aliphatic carbocycles. The second-order valence-corrected chi connectivity index (χ2v) is 16.6. The normalized spacial score (nSPS) is 22.8. The van der Waals surface area contributed by atoms with E-state index in [9.17, 15) is 24.3 Å². The minimum absolute atomic E-state index is 0.0573. The van der Waals surface area contributed by atoms with Crippen molar-refractivity contribution >= 4 is 36.6 Å². The smallest absolute Gasteiger partial charge is 0.279 e. The summed E-state index contributed by atoms with van der Waals surface area (Å²) < 4.78 is 8.09. The minimum atomic E-state index is -3.01. The number of ether oxygens (including phenoxy) is 1. The number of aromatic nitrogens is 2. The zero-order valence-corrected chi connectivity index (χ0v) is 26.9. The summed E-state index contributed by atoms with van der Waals surface area (Å²) in [6.45, 7) is 5.79. The summed E-state index contributed by atoms with van der Waals surface area (Å²) in [6.07, 6.45) is 0.833. The van der Waals surface area contributed by atoms with E-state index < -0.39 is 31.5 Å². The van der Waals surface area contributed by atoms with E-state index in [4.69, 9.17) is 4.74 Å². The van der Waals surface area contributed by atoms with Crippen LogP contribution in [0.5, 0.6) is 0 Å². The zero-order valence-electron chi connectivity index (χ0n) is 25.9. The molecule has 6 rings (SSSR count). The van der Waals surface area contributed by atoms with Crippen molar-refractivity contribution in [2.24, 2.45) is 5.92 Å². The first-order valence-corrected chi connectivity index (χ1v) is 18.2. The van der Waals surface area contributed by atoms with Crippen LogP contribution in [0, 0.1) is 5.92 Å². The Kier molecular flexibility index (Phi) is 7.98. The van der Waals surface area contributed by atoms with Crippen molar-refractivity contribution in [2.75, 3.05) is 25.1 Å². The molecule has 1 fully saturated rings. The van der Waals surface area contributed by atoms with Gasteiger partial charge in [-0.1, -0.05) is 55.5 Å². The average Bonchev–Trinajstić information content (AvgIpc) is 3.43. The van der Waals surface area contributed by atoms with E-state index in [1.165, 1.54) is 4.68 Å². The van der Waals surface area contributed by atoms with E-state index in [0.717, 1.165) is 10.9 Å². The summed E-state index contributed by atoms with van der Waals surface area (Å²) >= 11 is 0. The fraction of sp³-hybridized carbons (Fsp3) is 0.353. The lowest BCUT2D eigenvalue weighted by Gasteiger charge is -2.32. The molecule has 234 valence electrons. The Bertz CT molecular complexity index is 1820. The van der Waals surface area contributed by atoms with E-state index in [1.807, 2.05) is 62.5 Å². The fourth-order valence-corrected chi connectivity index (χ4v) is 9.85. The fourth-order valence-electron chi connectivity index (χ4n) is 7.30. The lowest BCUT2D eigenvalue weighted by Crippen LogP contribution is -2.45. The Hall–Kier alpha value is -4.16. The van der Waals surface area contributed by atoms with Crippen LogP contribution >= 0.6 is 0 Å². The second-order valence-electron chi connectivity index (χ2n) is 12.6. The predicted molar refractivity (Wildman–Crippen MR) is 173 cm³/mol. The molecular weight excluding hydrogens is 588 g/mol. The van der Waals surface area contributed by atoms with Gasteiger partial charge in [0.2, 0.25) is 5.91 Å². The van der Waals surface area contributed by atoms with Crippen LogP contribution < -0.4 is 10.5 Å². The minimum Gasteiger partial charge on any atom is -0.432 e. The summed E-state index contributed by atoms with van der Waals surface area (Å²) in [7, 11) is -1.33. The third kappa shape index (κ3) is 5.19. The summed E-state index contributed by atoms with van der Waals surface area (Å²) in [5.74, 6) is -0.990. The topological polar surface area (TPSA) is 125 Å². The number of amides is 2. The molecule has 1 saturated heterocycles. The summed E-state index contributed by atoms with van der Waals surface area (Å²) in [5, 5.41) is 15.4. The molecule has 0 bridgehead atoms. The molecule has 0 saturated carbocycles. The maximum absolute atomic E-state index is 14.2. The van der Waals surface area contributed by atoms with Gasteiger partial charge in [-0.3, -0.25) is 14.4 Å². The molecule has 2 aliphatic heterocycles. The monoisotopic (exact) mass is 626 g/mol. The molecule has 3 aromatic carbocycles. The zero-order chi connectivity index (χ0) is 32.1. The molecule has 45 heavy (non-hydrogen) atoms. The maximum Gasteiger partial charge on any atom is 0.279 e. The third-order valence-electron chi connectivity index (χ3n) is 9.35. The average molecular weight is 627 g/mol. The molecule has 2 N–H and O–H groups in total. The van der Waals surface area contributed by atoms with Crippen LogP contribution in [0.15, 0.2) is 83.8 Å². The molecule has 4 aromatic rings. The van der Waals surface area contributed by atoms with Crippen molar-refractivity contribution in [2.45, 2.75) is 50.2 Å². The molecule has 1 aromatic heterocycles. The largest absolute Gasteiger partial charge is 0.432 e. The number of hydrogen-bond acceptors (Lipinski definition) is 7. The van der Waals surface area contributed by atoms with Crippen LogP contribution in [-0.2, 0) is 26.5 Å². The van der Waals surface area contributed by atoms with Crippen molar-refractivity contribution in [3.8, 4) is 5.69 Å². The number of aliphatic hydroxyl groups is 1. The Morgan fingerprint density at radius 2 is 1.78 bits per heavy atom. The van der Waals surface area contributed by atoms with E-state index in [2.05, 4.69) is 5.10 Å². The molecule has 0 radical (unpaired) electrons. The molecule has 10 nitrogen and oxygen atoms in total. The molecular formula is C34H38N4O6Si. The number of anilines is 1. The van der Waals surface area contributed by atoms with Crippen LogP contribution in [0.25, 0.3) is 16.5 Å². The van der Waals surface area contributed by atoms with E-state index >= 15 is 0 Å². The van der Waals surface area contributed by atoms with E-state index in [-0.39, 0.29) is 36.9 Å². The maximum atomic E-state index is 14.2. The SMILES string of the molecule is C[C@@H]1[C@@H]([Si](C)(C)O)[C@H](CC(=O)N(CCO)Cc2ccccc2)O[C@@]12C(=O)N(C)c1ccc(-n3ncc4ccccc4c3=O)cc12. The van der Waals surface area contributed by atoms with Gasteiger partial charge in [0.05, 0.1) is 42.1 Å². The Labute approximate surface area is 262 Å². The van der Waals surface area contributed by atoms with Crippen molar-refractivity contribution in [3.05, 3.63) is 100 Å². The molecule has 11 heteroatoms. The number of fused-ring (bicyclic) bond motifs is 3. The number of aliphatic hydroxyl groups excluding tert-OH is 1. The molecule has 3 heterocycles. The predicted octanol–water partition coefficient (Wildman–Crippen LogP) is 3.57. The second kappa shape index (κ2) is 11.6. The van der Waals surface area contributed by atoms with Gasteiger partial charge in [-0.05, 0) is 42.9 Å². The highest BCUT2D eigenvalue weighted by atomic mass is 28.4. The van der Waals surface area contributed by atoms with Crippen molar-refractivity contribution in [1.82, 2.24) is 14.7 Å². The van der Waals surface area contributed by atoms with Gasteiger partial charge in [-0.2, -0.15) is 9.78 Å². The van der Waals surface area contributed by atoms with Gasteiger partial charge in [-0.25, -0.2) is 0 Å². The van der Waals surface area contributed by atoms with Gasteiger partial charge in [0.25, 0.3) is 11.5 Å². The van der Waals surface area contributed by atoms with Crippen LogP contribution in [0.4, 0.5) is 5.69 Å². The van der Waals surface area contributed by atoms with E-state index in [1.54, 1.807) is 53.4 Å². The van der Waals surface area contributed by atoms with Gasteiger partial charge in [0.1, 0.15) is 0 Å². The molecule has 2 aliphatic rings. The van der Waals surface area contributed by atoms with Crippen LogP contribution in [-0.4, -0.2) is 71.0 Å². The summed E-state index contributed by atoms with van der Waals surface area (Å²) in [5.41, 5.74) is 0.420. The van der Waals surface area contributed by atoms with Gasteiger partial charge in [-0.15, -0.1) is 0 Å². The standard InChI is InChI=1S/C34H38N4O6Si/c1-22-31(45(3,4)43)29(19-30(40)37(16-17-39)21-23-10-6-5-7-11-23)44-34(22)27-18-25(14-15-28(27)36(2)33(34)42)38-32(41)26-13-9-8-12-24(26)20-35-38/h5-15,18,20,22,29,31,39,43H,16-17,19,21H2,1-4H3/t22-,29+,31-,34+/m1/s1. The molecule has 1 spiro atoms. The highest BCUT2D eigenvalue weighted by Gasteiger charge is 2.66. The third-order valence-corrected chi connectivity index (χ3v) is 11.9. The number of hydrogen-bond donors (Lipinski definition) is 2. The number of rotatable bonds is 8. The molecule has 4 atom stereocenters. The van der Waals surface area contributed by atoms with Crippen molar-refractivity contribution in [1.29, 1.82) is 0 Å². The van der Waals surface area contributed by atoms with Crippen molar-refractivity contribution < 1.29 is 24.2 Å². The first-order valence-electron chi connectivity index (χ1n) is 15.2. The number of carbonyl (C=O) groups excluding carboxylic acids is 2. The van der Waals surface area contributed by atoms with Crippen LogP contribution in [0.2, 0.25) is 18.6 Å². The lowest BCUT2D eigenvalue weighted by atomic mass is 9.82.